The van der Waals surface area contributed by atoms with Crippen LogP contribution in [0.1, 0.15) is 11.1 Å². The molecule has 106 valence electrons. The smallest absolute Gasteiger partial charge is 0.264 e. The van der Waals surface area contributed by atoms with Crippen molar-refractivity contribution in [1.82, 2.24) is 9.97 Å². The lowest BCUT2D eigenvalue weighted by atomic mass is 10.1. The normalized spacial score (nSPS) is 11.2. The van der Waals surface area contributed by atoms with Gasteiger partial charge < -0.3 is 0 Å². The quantitative estimate of drug-likeness (QED) is 0.577. The zero-order valence-corrected chi connectivity index (χ0v) is 11.9. The number of nitrogen functional groups attached to an aromatic ring is 1. The second kappa shape index (κ2) is 5.43. The van der Waals surface area contributed by atoms with Crippen molar-refractivity contribution in [3.63, 3.8) is 0 Å². The van der Waals surface area contributed by atoms with Crippen LogP contribution >= 0.6 is 0 Å². The maximum Gasteiger partial charge on any atom is 0.264 e. The molecule has 8 heteroatoms. The largest absolute Gasteiger partial charge is 0.292 e. The van der Waals surface area contributed by atoms with Crippen molar-refractivity contribution in [1.29, 1.82) is 0 Å². The summed E-state index contributed by atoms with van der Waals surface area (Å²) >= 11 is 0. The van der Waals surface area contributed by atoms with Crippen LogP contribution in [0.2, 0.25) is 0 Å². The Morgan fingerprint density at radius 1 is 1.15 bits per heavy atom. The molecular weight excluding hydrogens is 278 g/mol. The topological polar surface area (TPSA) is 110 Å². The van der Waals surface area contributed by atoms with Gasteiger partial charge in [0.25, 0.3) is 10.0 Å². The Morgan fingerprint density at radius 2 is 1.80 bits per heavy atom. The summed E-state index contributed by atoms with van der Waals surface area (Å²) in [4.78, 5) is 7.53. The average molecular weight is 293 g/mol. The van der Waals surface area contributed by atoms with E-state index in [0.717, 1.165) is 11.1 Å². The number of hydrogen-bond donors (Lipinski definition) is 3. The Morgan fingerprint density at radius 3 is 2.40 bits per heavy atom. The SMILES string of the molecule is Cc1cccc(NS(=O)(=O)c2cnc(NN)nc2)c1C. The number of nitrogens with zero attached hydrogens (tertiary/aromatic N) is 2. The fourth-order valence-electron chi connectivity index (χ4n) is 1.59. The fourth-order valence-corrected chi connectivity index (χ4v) is 2.61. The summed E-state index contributed by atoms with van der Waals surface area (Å²) in [6.45, 7) is 3.77. The summed E-state index contributed by atoms with van der Waals surface area (Å²) in [5.74, 6) is 5.28. The summed E-state index contributed by atoms with van der Waals surface area (Å²) in [7, 11) is -3.72. The molecule has 0 aliphatic heterocycles. The number of aromatic nitrogens is 2. The predicted molar refractivity (Wildman–Crippen MR) is 76.6 cm³/mol. The van der Waals surface area contributed by atoms with E-state index in [1.807, 2.05) is 19.9 Å². The third kappa shape index (κ3) is 2.86. The number of hydrogen-bond acceptors (Lipinski definition) is 6. The second-order valence-electron chi connectivity index (χ2n) is 4.24. The first kappa shape index (κ1) is 14.2. The molecule has 0 aliphatic rings. The molecule has 0 atom stereocenters. The highest BCUT2D eigenvalue weighted by atomic mass is 32.2. The van der Waals surface area contributed by atoms with Crippen molar-refractivity contribution in [2.45, 2.75) is 18.7 Å². The standard InChI is InChI=1S/C12H15N5O2S/c1-8-4-3-5-11(9(8)2)17-20(18,19)10-6-14-12(16-13)15-7-10/h3-7,17H,13H2,1-2H3,(H,14,15,16). The molecule has 0 fully saturated rings. The van der Waals surface area contributed by atoms with E-state index in [9.17, 15) is 8.42 Å². The van der Waals surface area contributed by atoms with Crippen LogP contribution in [0.4, 0.5) is 11.6 Å². The van der Waals surface area contributed by atoms with Crippen molar-refractivity contribution in [3.05, 3.63) is 41.7 Å². The molecule has 0 unspecified atom stereocenters. The first-order chi connectivity index (χ1) is 9.44. The van der Waals surface area contributed by atoms with Gasteiger partial charge in [-0.05, 0) is 31.0 Å². The van der Waals surface area contributed by atoms with Crippen LogP contribution < -0.4 is 16.0 Å². The number of hydrazine groups is 1. The molecule has 2 aromatic rings. The highest BCUT2D eigenvalue weighted by molar-refractivity contribution is 7.92. The number of nitrogens with two attached hydrogens (primary N) is 1. The van der Waals surface area contributed by atoms with Crippen molar-refractivity contribution < 1.29 is 8.42 Å². The van der Waals surface area contributed by atoms with E-state index in [2.05, 4.69) is 20.1 Å². The molecule has 1 aromatic heterocycles. The van der Waals surface area contributed by atoms with E-state index >= 15 is 0 Å². The zero-order chi connectivity index (χ0) is 14.8. The van der Waals surface area contributed by atoms with Crippen molar-refractivity contribution in [2.24, 2.45) is 5.84 Å². The van der Waals surface area contributed by atoms with Gasteiger partial charge in [0.05, 0.1) is 18.1 Å². The Bertz CT molecular complexity index is 713. The van der Waals surface area contributed by atoms with E-state index in [-0.39, 0.29) is 10.8 Å². The van der Waals surface area contributed by atoms with Gasteiger partial charge in [-0.15, -0.1) is 0 Å². The van der Waals surface area contributed by atoms with E-state index < -0.39 is 10.0 Å². The lowest BCUT2D eigenvalue weighted by Gasteiger charge is -2.11. The summed E-state index contributed by atoms with van der Waals surface area (Å²) in [5.41, 5.74) is 4.64. The maximum absolute atomic E-state index is 12.2. The van der Waals surface area contributed by atoms with Crippen molar-refractivity contribution >= 4 is 21.7 Å². The summed E-state index contributed by atoms with van der Waals surface area (Å²) < 4.78 is 27.0. The Labute approximate surface area is 117 Å². The highest BCUT2D eigenvalue weighted by Crippen LogP contribution is 2.21. The maximum atomic E-state index is 12.2. The first-order valence-electron chi connectivity index (χ1n) is 5.82. The van der Waals surface area contributed by atoms with Crippen LogP contribution in [0, 0.1) is 13.8 Å². The molecule has 0 amide bonds. The van der Waals surface area contributed by atoms with E-state index in [0.29, 0.717) is 5.69 Å². The minimum absolute atomic E-state index is 0.0302. The fraction of sp³-hybridized carbons (Fsp3) is 0.167. The van der Waals surface area contributed by atoms with Gasteiger partial charge in [-0.2, -0.15) is 0 Å². The van der Waals surface area contributed by atoms with Gasteiger partial charge in [0, 0.05) is 0 Å². The number of aryl methyl sites for hydroxylation is 1. The highest BCUT2D eigenvalue weighted by Gasteiger charge is 2.16. The van der Waals surface area contributed by atoms with Gasteiger partial charge in [0.15, 0.2) is 0 Å². The molecule has 1 heterocycles. The monoisotopic (exact) mass is 293 g/mol. The van der Waals surface area contributed by atoms with Crippen LogP contribution in [0.25, 0.3) is 0 Å². The van der Waals surface area contributed by atoms with Gasteiger partial charge in [0.1, 0.15) is 4.90 Å². The van der Waals surface area contributed by atoms with Gasteiger partial charge >= 0.3 is 0 Å². The summed E-state index contributed by atoms with van der Waals surface area (Å²) in [6.07, 6.45) is 2.38. The molecule has 2 rings (SSSR count). The zero-order valence-electron chi connectivity index (χ0n) is 11.1. The lowest BCUT2D eigenvalue weighted by molar-refractivity contribution is 0.600. The molecule has 0 radical (unpaired) electrons. The molecule has 0 saturated heterocycles. The molecule has 4 N–H and O–H groups in total. The summed E-state index contributed by atoms with van der Waals surface area (Å²) in [6, 6.07) is 5.41. The van der Waals surface area contributed by atoms with Crippen molar-refractivity contribution in [3.8, 4) is 0 Å². The molecule has 20 heavy (non-hydrogen) atoms. The van der Waals surface area contributed by atoms with Gasteiger partial charge in [-0.25, -0.2) is 24.2 Å². The van der Waals surface area contributed by atoms with Crippen LogP contribution in [0.5, 0.6) is 0 Å². The molecule has 0 saturated carbocycles. The number of rotatable bonds is 4. The minimum atomic E-state index is -3.72. The van der Waals surface area contributed by atoms with Crippen LogP contribution in [0.15, 0.2) is 35.5 Å². The van der Waals surface area contributed by atoms with Gasteiger partial charge in [0.2, 0.25) is 5.95 Å². The van der Waals surface area contributed by atoms with Crippen molar-refractivity contribution in [2.75, 3.05) is 10.1 Å². The minimum Gasteiger partial charge on any atom is -0.292 e. The third-order valence-corrected chi connectivity index (χ3v) is 4.24. The Kier molecular flexibility index (Phi) is 3.86. The number of sulfonamides is 1. The number of nitrogens with one attached hydrogen (secondary N) is 2. The molecule has 0 aliphatic carbocycles. The second-order valence-corrected chi connectivity index (χ2v) is 5.92. The molecular formula is C12H15N5O2S. The summed E-state index contributed by atoms with van der Waals surface area (Å²) in [5, 5.41) is 0. The number of benzene rings is 1. The van der Waals surface area contributed by atoms with Gasteiger partial charge in [-0.1, -0.05) is 12.1 Å². The van der Waals surface area contributed by atoms with Crippen LogP contribution in [-0.4, -0.2) is 18.4 Å². The Hall–Kier alpha value is -2.19. The third-order valence-electron chi connectivity index (χ3n) is 2.92. The molecule has 0 bridgehead atoms. The Balaban J connectivity index is 2.33. The van der Waals surface area contributed by atoms with Crippen LogP contribution in [0.3, 0.4) is 0 Å². The molecule has 0 spiro atoms. The van der Waals surface area contributed by atoms with E-state index in [4.69, 9.17) is 5.84 Å². The van der Waals surface area contributed by atoms with Gasteiger partial charge in [-0.3, -0.25) is 10.1 Å². The molecule has 1 aromatic carbocycles. The predicted octanol–water partition coefficient (Wildman–Crippen LogP) is 1.18. The molecule has 7 nitrogen and oxygen atoms in total. The van der Waals surface area contributed by atoms with E-state index in [1.54, 1.807) is 12.1 Å². The lowest BCUT2D eigenvalue weighted by Crippen LogP contribution is -2.16. The van der Waals surface area contributed by atoms with Crippen LogP contribution in [-0.2, 0) is 10.0 Å². The van der Waals surface area contributed by atoms with E-state index in [1.165, 1.54) is 12.4 Å². The first-order valence-corrected chi connectivity index (χ1v) is 7.30. The number of anilines is 2. The average Bonchev–Trinajstić information content (AvgIpc) is 2.44.